The Balaban J connectivity index is 1.60. The first kappa shape index (κ1) is 19.9. The fourth-order valence-corrected chi connectivity index (χ4v) is 4.39. The Morgan fingerprint density at radius 1 is 0.676 bits per heavy atom. The van der Waals surface area contributed by atoms with E-state index >= 15 is 0 Å². The number of nitrogens with one attached hydrogen (secondary N) is 1. The maximum atomic E-state index is 13.9. The van der Waals surface area contributed by atoms with E-state index in [1.807, 2.05) is 109 Å². The van der Waals surface area contributed by atoms with Gasteiger partial charge < -0.3 is 4.98 Å². The summed E-state index contributed by atoms with van der Waals surface area (Å²) in [6.07, 6.45) is 1.85. The summed E-state index contributed by atoms with van der Waals surface area (Å²) < 4.78 is 0. The van der Waals surface area contributed by atoms with Crippen LogP contribution >= 0.6 is 0 Å². The summed E-state index contributed by atoms with van der Waals surface area (Å²) in [5.74, 6) is 0.472. The predicted octanol–water partition coefficient (Wildman–Crippen LogP) is 6.67. The first-order valence-corrected chi connectivity index (χ1v) is 11.2. The quantitative estimate of drug-likeness (QED) is 0.312. The number of aromatic nitrogens is 1. The summed E-state index contributed by atoms with van der Waals surface area (Å²) in [7, 11) is 0. The minimum absolute atomic E-state index is 0.148. The van der Waals surface area contributed by atoms with Crippen LogP contribution < -0.4 is 4.90 Å². The molecule has 2 heterocycles. The third kappa shape index (κ3) is 3.42. The number of para-hydroxylation sites is 1. The molecule has 0 bridgehead atoms. The molecule has 0 atom stereocenters. The largest absolute Gasteiger partial charge is 0.353 e. The molecule has 0 unspecified atom stereocenters. The Hall–Kier alpha value is -4.70. The lowest BCUT2D eigenvalue weighted by atomic mass is 10.1. The topological polar surface area (TPSA) is 48.5 Å². The monoisotopic (exact) mass is 439 g/mol. The third-order valence-electron chi connectivity index (χ3n) is 5.96. The number of H-pyrrole nitrogens is 1. The summed E-state index contributed by atoms with van der Waals surface area (Å²) >= 11 is 0. The van der Waals surface area contributed by atoms with Crippen LogP contribution in [0.25, 0.3) is 28.2 Å². The molecule has 0 fully saturated rings. The van der Waals surface area contributed by atoms with Gasteiger partial charge in [0.25, 0.3) is 5.91 Å². The van der Waals surface area contributed by atoms with Gasteiger partial charge in [-0.3, -0.25) is 9.69 Å². The summed E-state index contributed by atoms with van der Waals surface area (Å²) in [5.41, 5.74) is 5.91. The second kappa shape index (κ2) is 8.34. The van der Waals surface area contributed by atoms with Gasteiger partial charge in [0.2, 0.25) is 0 Å². The standard InChI is InChI=1S/C30H21N3O/c34-30-26(20-21-12-4-1-5-13-21)32-29(23-16-8-3-9-17-23)33(30)28-24-18-10-11-19-25(24)31-27(28)22-14-6-2-7-15-22/h1-20,31H/b26-20+. The highest BCUT2D eigenvalue weighted by atomic mass is 16.2. The molecule has 1 aliphatic rings. The minimum atomic E-state index is -0.148. The van der Waals surface area contributed by atoms with E-state index in [2.05, 4.69) is 17.1 Å². The SMILES string of the molecule is O=C1/C(=C\c2ccccc2)N=C(c2ccccc2)N1c1c(-c2ccccc2)[nH]c2ccccc12. The number of rotatable bonds is 4. The Labute approximate surface area is 197 Å². The van der Waals surface area contributed by atoms with Crippen LogP contribution in [0, 0.1) is 0 Å². The fraction of sp³-hybridized carbons (Fsp3) is 0. The van der Waals surface area contributed by atoms with Crippen LogP contribution in [0.3, 0.4) is 0 Å². The van der Waals surface area contributed by atoms with E-state index < -0.39 is 0 Å². The number of nitrogens with zero attached hydrogens (tertiary/aromatic N) is 2. The smallest absolute Gasteiger partial charge is 0.282 e. The third-order valence-corrected chi connectivity index (χ3v) is 5.96. The van der Waals surface area contributed by atoms with Crippen molar-refractivity contribution < 1.29 is 4.79 Å². The molecular weight excluding hydrogens is 418 g/mol. The number of hydrogen-bond donors (Lipinski definition) is 1. The number of aromatic amines is 1. The second-order valence-electron chi connectivity index (χ2n) is 8.14. The molecule has 4 nitrogen and oxygen atoms in total. The Bertz CT molecular complexity index is 1550. The number of hydrogen-bond acceptors (Lipinski definition) is 2. The van der Waals surface area contributed by atoms with Crippen LogP contribution in [0.1, 0.15) is 11.1 Å². The van der Waals surface area contributed by atoms with Gasteiger partial charge in [0.15, 0.2) is 0 Å². The van der Waals surface area contributed by atoms with Crippen LogP contribution in [-0.4, -0.2) is 16.7 Å². The molecule has 4 heteroatoms. The zero-order valence-electron chi connectivity index (χ0n) is 18.3. The van der Waals surface area contributed by atoms with Gasteiger partial charge in [-0.2, -0.15) is 0 Å². The van der Waals surface area contributed by atoms with Crippen molar-refractivity contribution in [3.8, 4) is 11.3 Å². The highest BCUT2D eigenvalue weighted by Gasteiger charge is 2.35. The van der Waals surface area contributed by atoms with E-state index in [9.17, 15) is 4.79 Å². The van der Waals surface area contributed by atoms with Crippen LogP contribution in [0.5, 0.6) is 0 Å². The van der Waals surface area contributed by atoms with Gasteiger partial charge in [0.05, 0.1) is 11.4 Å². The van der Waals surface area contributed by atoms with Gasteiger partial charge in [-0.1, -0.05) is 109 Å². The average Bonchev–Trinajstić information content (AvgIpc) is 3.43. The minimum Gasteiger partial charge on any atom is -0.353 e. The van der Waals surface area contributed by atoms with Gasteiger partial charge in [0, 0.05) is 22.0 Å². The van der Waals surface area contributed by atoms with E-state index in [4.69, 9.17) is 4.99 Å². The van der Waals surface area contributed by atoms with E-state index in [1.54, 1.807) is 4.90 Å². The lowest BCUT2D eigenvalue weighted by molar-refractivity contribution is -0.113. The molecule has 1 N–H and O–H groups in total. The van der Waals surface area contributed by atoms with Crippen LogP contribution in [0.4, 0.5) is 5.69 Å². The predicted molar refractivity (Wildman–Crippen MR) is 139 cm³/mol. The van der Waals surface area contributed by atoms with Gasteiger partial charge in [-0.05, 0) is 17.7 Å². The molecule has 4 aromatic carbocycles. The molecule has 1 amide bonds. The molecule has 0 radical (unpaired) electrons. The number of amides is 1. The molecule has 1 aromatic heterocycles. The maximum absolute atomic E-state index is 13.9. The van der Waals surface area contributed by atoms with E-state index in [0.717, 1.165) is 39.0 Å². The van der Waals surface area contributed by atoms with Gasteiger partial charge in [-0.15, -0.1) is 0 Å². The Kier molecular flexibility index (Phi) is 4.89. The zero-order chi connectivity index (χ0) is 22.9. The van der Waals surface area contributed by atoms with Crippen LogP contribution in [-0.2, 0) is 4.79 Å². The van der Waals surface area contributed by atoms with Crippen molar-refractivity contribution in [2.24, 2.45) is 4.99 Å². The van der Waals surface area contributed by atoms with Crippen LogP contribution in [0.15, 0.2) is 126 Å². The first-order chi connectivity index (χ1) is 16.8. The molecule has 162 valence electrons. The highest BCUT2D eigenvalue weighted by Crippen LogP contribution is 2.41. The van der Waals surface area contributed by atoms with Crippen molar-refractivity contribution >= 4 is 34.4 Å². The number of amidine groups is 1. The molecule has 0 saturated heterocycles. The molecular formula is C30H21N3O. The van der Waals surface area contributed by atoms with Crippen molar-refractivity contribution in [2.75, 3.05) is 4.90 Å². The van der Waals surface area contributed by atoms with E-state index in [0.29, 0.717) is 11.5 Å². The van der Waals surface area contributed by atoms with Crippen molar-refractivity contribution in [1.82, 2.24) is 4.98 Å². The molecule has 1 aliphatic heterocycles. The Morgan fingerprint density at radius 2 is 1.26 bits per heavy atom. The van der Waals surface area contributed by atoms with Gasteiger partial charge >= 0.3 is 0 Å². The second-order valence-corrected chi connectivity index (χ2v) is 8.14. The average molecular weight is 440 g/mol. The summed E-state index contributed by atoms with van der Waals surface area (Å²) in [4.78, 5) is 24.1. The van der Waals surface area contributed by atoms with Crippen molar-refractivity contribution in [2.45, 2.75) is 0 Å². The molecule has 6 rings (SSSR count). The molecule has 5 aromatic rings. The maximum Gasteiger partial charge on any atom is 0.282 e. The van der Waals surface area contributed by atoms with Crippen molar-refractivity contribution in [1.29, 1.82) is 0 Å². The highest BCUT2D eigenvalue weighted by molar-refractivity contribution is 6.36. The summed E-state index contributed by atoms with van der Waals surface area (Å²) in [6.45, 7) is 0. The number of aliphatic imine (C=N–C) groups is 1. The lowest BCUT2D eigenvalue weighted by Crippen LogP contribution is -2.33. The van der Waals surface area contributed by atoms with Gasteiger partial charge in [0.1, 0.15) is 11.5 Å². The normalized spacial score (nSPS) is 14.7. The molecule has 0 saturated carbocycles. The fourth-order valence-electron chi connectivity index (χ4n) is 4.39. The first-order valence-electron chi connectivity index (χ1n) is 11.2. The number of carbonyl (C=O) groups is 1. The van der Waals surface area contributed by atoms with E-state index in [-0.39, 0.29) is 5.91 Å². The number of carbonyl (C=O) groups excluding carboxylic acids is 1. The van der Waals surface area contributed by atoms with Crippen LogP contribution in [0.2, 0.25) is 0 Å². The number of benzene rings is 4. The molecule has 0 spiro atoms. The molecule has 34 heavy (non-hydrogen) atoms. The number of fused-ring (bicyclic) bond motifs is 1. The zero-order valence-corrected chi connectivity index (χ0v) is 18.3. The summed E-state index contributed by atoms with van der Waals surface area (Å²) in [5, 5.41) is 0.972. The van der Waals surface area contributed by atoms with Gasteiger partial charge in [-0.25, -0.2) is 4.99 Å². The van der Waals surface area contributed by atoms with E-state index in [1.165, 1.54) is 0 Å². The van der Waals surface area contributed by atoms with Crippen molar-refractivity contribution in [3.63, 3.8) is 0 Å². The van der Waals surface area contributed by atoms with Crippen molar-refractivity contribution in [3.05, 3.63) is 132 Å². The number of anilines is 1. The lowest BCUT2D eigenvalue weighted by Gasteiger charge is -2.20. The Morgan fingerprint density at radius 3 is 1.97 bits per heavy atom. The summed E-state index contributed by atoms with van der Waals surface area (Å²) in [6, 6.07) is 37.9. The molecule has 0 aliphatic carbocycles.